The molecular formula is C21H17N5OS. The molecule has 0 aliphatic rings. The van der Waals surface area contributed by atoms with Crippen molar-refractivity contribution in [1.82, 2.24) is 15.0 Å². The van der Waals surface area contributed by atoms with Crippen molar-refractivity contribution in [3.8, 4) is 0 Å². The number of hydrogen-bond acceptors (Lipinski definition) is 6. The number of aromatic nitrogens is 3. The number of rotatable bonds is 6. The van der Waals surface area contributed by atoms with Crippen molar-refractivity contribution in [2.45, 2.75) is 6.42 Å². The zero-order valence-electron chi connectivity index (χ0n) is 14.9. The van der Waals surface area contributed by atoms with E-state index in [1.165, 1.54) is 16.9 Å². The zero-order valence-corrected chi connectivity index (χ0v) is 15.7. The van der Waals surface area contributed by atoms with Crippen LogP contribution < -0.4 is 10.6 Å². The van der Waals surface area contributed by atoms with Crippen molar-refractivity contribution in [3.05, 3.63) is 94.7 Å². The average Bonchev–Trinajstić information content (AvgIpc) is 3.20. The lowest BCUT2D eigenvalue weighted by molar-refractivity contribution is 0.103. The van der Waals surface area contributed by atoms with E-state index in [1.54, 1.807) is 24.7 Å². The van der Waals surface area contributed by atoms with Gasteiger partial charge in [0.05, 0.1) is 11.2 Å². The molecule has 4 rings (SSSR count). The summed E-state index contributed by atoms with van der Waals surface area (Å²) >= 11 is 1.41. The largest absolute Gasteiger partial charge is 0.324 e. The van der Waals surface area contributed by atoms with Gasteiger partial charge in [0.1, 0.15) is 4.88 Å². The number of benzene rings is 2. The third-order valence-corrected chi connectivity index (χ3v) is 4.94. The van der Waals surface area contributed by atoms with Gasteiger partial charge in [0.2, 0.25) is 5.95 Å². The van der Waals surface area contributed by atoms with Crippen LogP contribution in [-0.4, -0.2) is 20.9 Å². The first kappa shape index (κ1) is 17.8. The highest BCUT2D eigenvalue weighted by Crippen LogP contribution is 2.20. The molecule has 2 N–H and O–H groups in total. The normalized spacial score (nSPS) is 10.4. The number of thiazole rings is 1. The molecule has 28 heavy (non-hydrogen) atoms. The Kier molecular flexibility index (Phi) is 5.35. The SMILES string of the molecule is O=C(Nc1ccc(Nc2ncccn2)cc1)c1cnc(Cc2ccccc2)s1. The minimum absolute atomic E-state index is 0.163. The van der Waals surface area contributed by atoms with Gasteiger partial charge in [0.25, 0.3) is 5.91 Å². The number of anilines is 3. The minimum Gasteiger partial charge on any atom is -0.324 e. The number of carbonyl (C=O) groups is 1. The van der Waals surface area contributed by atoms with E-state index in [4.69, 9.17) is 0 Å². The Labute approximate surface area is 166 Å². The van der Waals surface area contributed by atoms with Crippen LogP contribution in [0.1, 0.15) is 20.2 Å². The monoisotopic (exact) mass is 387 g/mol. The van der Waals surface area contributed by atoms with Gasteiger partial charge in [-0.05, 0) is 35.9 Å². The van der Waals surface area contributed by atoms with Crippen molar-refractivity contribution >= 4 is 34.6 Å². The van der Waals surface area contributed by atoms with E-state index >= 15 is 0 Å². The predicted molar refractivity (Wildman–Crippen MR) is 111 cm³/mol. The third kappa shape index (κ3) is 4.57. The molecule has 0 saturated heterocycles. The van der Waals surface area contributed by atoms with E-state index in [2.05, 4.69) is 37.7 Å². The molecular weight excluding hydrogens is 370 g/mol. The van der Waals surface area contributed by atoms with E-state index < -0.39 is 0 Å². The summed E-state index contributed by atoms with van der Waals surface area (Å²) in [5.41, 5.74) is 2.73. The van der Waals surface area contributed by atoms with E-state index in [0.29, 0.717) is 16.5 Å². The molecule has 7 heteroatoms. The molecule has 0 atom stereocenters. The standard InChI is InChI=1S/C21H17N5OS/c27-20(18-14-24-19(28-18)13-15-5-2-1-3-6-15)25-16-7-9-17(10-8-16)26-21-22-11-4-12-23-21/h1-12,14H,13H2,(H,25,27)(H,22,23,26). The maximum absolute atomic E-state index is 12.5. The first-order valence-corrected chi connectivity index (χ1v) is 9.52. The van der Waals surface area contributed by atoms with Gasteiger partial charge < -0.3 is 10.6 Å². The third-order valence-electron chi connectivity index (χ3n) is 3.94. The van der Waals surface area contributed by atoms with Gasteiger partial charge in [-0.2, -0.15) is 0 Å². The van der Waals surface area contributed by atoms with E-state index in [-0.39, 0.29) is 5.91 Å². The van der Waals surface area contributed by atoms with E-state index in [0.717, 1.165) is 17.1 Å². The Bertz CT molecular complexity index is 1050. The summed E-state index contributed by atoms with van der Waals surface area (Å²) in [7, 11) is 0. The highest BCUT2D eigenvalue weighted by Gasteiger charge is 2.11. The second-order valence-electron chi connectivity index (χ2n) is 6.01. The van der Waals surface area contributed by atoms with Gasteiger partial charge in [-0.3, -0.25) is 4.79 Å². The molecule has 2 aromatic heterocycles. The fourth-order valence-electron chi connectivity index (χ4n) is 2.59. The average molecular weight is 387 g/mol. The molecule has 0 aliphatic carbocycles. The van der Waals surface area contributed by atoms with Crippen LogP contribution in [0.2, 0.25) is 0 Å². The molecule has 0 saturated carbocycles. The first-order valence-electron chi connectivity index (χ1n) is 8.70. The second-order valence-corrected chi connectivity index (χ2v) is 7.12. The Balaban J connectivity index is 1.37. The summed E-state index contributed by atoms with van der Waals surface area (Å²) in [6.07, 6.45) is 5.69. The molecule has 4 aromatic rings. The van der Waals surface area contributed by atoms with Gasteiger partial charge in [0.15, 0.2) is 0 Å². The highest BCUT2D eigenvalue weighted by atomic mass is 32.1. The smallest absolute Gasteiger partial charge is 0.267 e. The summed E-state index contributed by atoms with van der Waals surface area (Å²) in [5, 5.41) is 6.91. The maximum atomic E-state index is 12.5. The number of carbonyl (C=O) groups excluding carboxylic acids is 1. The molecule has 2 aromatic carbocycles. The highest BCUT2D eigenvalue weighted by molar-refractivity contribution is 7.13. The van der Waals surface area contributed by atoms with Crippen molar-refractivity contribution in [2.75, 3.05) is 10.6 Å². The van der Waals surface area contributed by atoms with Gasteiger partial charge in [0, 0.05) is 30.2 Å². The zero-order chi connectivity index (χ0) is 19.2. The summed E-state index contributed by atoms with van der Waals surface area (Å²) in [5.74, 6) is 0.360. The second kappa shape index (κ2) is 8.41. The van der Waals surface area contributed by atoms with Crippen LogP contribution in [0.4, 0.5) is 17.3 Å². The van der Waals surface area contributed by atoms with E-state index in [9.17, 15) is 4.79 Å². The molecule has 138 valence electrons. The molecule has 2 heterocycles. The van der Waals surface area contributed by atoms with Crippen LogP contribution in [0.25, 0.3) is 0 Å². The molecule has 0 spiro atoms. The lowest BCUT2D eigenvalue weighted by Crippen LogP contribution is -2.10. The Hall–Kier alpha value is -3.58. The molecule has 0 aliphatic heterocycles. The fourth-order valence-corrected chi connectivity index (χ4v) is 3.44. The Morgan fingerprint density at radius 2 is 1.57 bits per heavy atom. The van der Waals surface area contributed by atoms with Gasteiger partial charge in [-0.25, -0.2) is 15.0 Å². The summed E-state index contributed by atoms with van der Waals surface area (Å²) in [6.45, 7) is 0. The first-order chi connectivity index (χ1) is 13.8. The maximum Gasteiger partial charge on any atom is 0.267 e. The van der Waals surface area contributed by atoms with Crippen LogP contribution in [0.15, 0.2) is 79.3 Å². The fraction of sp³-hybridized carbons (Fsp3) is 0.0476. The molecule has 0 unspecified atom stereocenters. The van der Waals surface area contributed by atoms with Crippen LogP contribution >= 0.6 is 11.3 Å². The van der Waals surface area contributed by atoms with Crippen molar-refractivity contribution in [1.29, 1.82) is 0 Å². The van der Waals surface area contributed by atoms with Crippen LogP contribution in [0.5, 0.6) is 0 Å². The minimum atomic E-state index is -0.163. The van der Waals surface area contributed by atoms with Crippen molar-refractivity contribution in [3.63, 3.8) is 0 Å². The van der Waals surface area contributed by atoms with Crippen molar-refractivity contribution in [2.24, 2.45) is 0 Å². The van der Waals surface area contributed by atoms with Gasteiger partial charge in [-0.1, -0.05) is 30.3 Å². The number of nitrogens with zero attached hydrogens (tertiary/aromatic N) is 3. The van der Waals surface area contributed by atoms with Gasteiger partial charge in [-0.15, -0.1) is 11.3 Å². The predicted octanol–water partition coefficient (Wildman–Crippen LogP) is 4.52. The number of amides is 1. The lowest BCUT2D eigenvalue weighted by atomic mass is 10.2. The Morgan fingerprint density at radius 3 is 2.32 bits per heavy atom. The Morgan fingerprint density at radius 1 is 0.857 bits per heavy atom. The topological polar surface area (TPSA) is 79.8 Å². The van der Waals surface area contributed by atoms with E-state index in [1.807, 2.05) is 42.5 Å². The van der Waals surface area contributed by atoms with Crippen LogP contribution in [-0.2, 0) is 6.42 Å². The van der Waals surface area contributed by atoms with Crippen molar-refractivity contribution < 1.29 is 4.79 Å². The molecule has 0 bridgehead atoms. The van der Waals surface area contributed by atoms with Gasteiger partial charge >= 0.3 is 0 Å². The molecule has 1 amide bonds. The summed E-state index contributed by atoms with van der Waals surface area (Å²) in [6, 6.07) is 19.2. The quantitative estimate of drug-likeness (QED) is 0.508. The molecule has 0 fully saturated rings. The number of nitrogens with one attached hydrogen (secondary N) is 2. The number of hydrogen-bond donors (Lipinski definition) is 2. The molecule has 0 radical (unpaired) electrons. The van der Waals surface area contributed by atoms with Crippen LogP contribution in [0, 0.1) is 0 Å². The lowest BCUT2D eigenvalue weighted by Gasteiger charge is -2.06. The van der Waals surface area contributed by atoms with Crippen LogP contribution in [0.3, 0.4) is 0 Å². The summed E-state index contributed by atoms with van der Waals surface area (Å²) in [4.78, 5) is 25.7. The summed E-state index contributed by atoms with van der Waals surface area (Å²) < 4.78 is 0. The molecule has 6 nitrogen and oxygen atoms in total.